The molecule has 6 nitrogen and oxygen atoms in total. The van der Waals surface area contributed by atoms with Gasteiger partial charge in [-0.15, -0.1) is 0 Å². The number of anilines is 1. The molecule has 0 atom stereocenters. The number of nitrogens with two attached hydrogens (primary N) is 1. The van der Waals surface area contributed by atoms with Gasteiger partial charge in [0.1, 0.15) is 5.82 Å². The first-order valence-electron chi connectivity index (χ1n) is 4.54. The van der Waals surface area contributed by atoms with Crippen LogP contribution in [0.4, 0.5) is 5.82 Å². The number of aryl methyl sites for hydroxylation is 1. The Bertz CT molecular complexity index is 462. The first-order chi connectivity index (χ1) is 7.22. The van der Waals surface area contributed by atoms with Gasteiger partial charge in [0.25, 0.3) is 0 Å². The second kappa shape index (κ2) is 3.66. The van der Waals surface area contributed by atoms with Gasteiger partial charge in [-0.3, -0.25) is 0 Å². The van der Waals surface area contributed by atoms with E-state index < -0.39 is 0 Å². The summed E-state index contributed by atoms with van der Waals surface area (Å²) < 4.78 is 0. The first kappa shape index (κ1) is 9.60. The SMILES string of the molecule is Cc1nc(-c2ncc[nH]2)nc(NN)c1C. The van der Waals surface area contributed by atoms with Crippen molar-refractivity contribution in [2.24, 2.45) is 5.84 Å². The number of aromatic amines is 1. The van der Waals surface area contributed by atoms with Crippen molar-refractivity contribution in [2.45, 2.75) is 13.8 Å². The zero-order chi connectivity index (χ0) is 10.8. The minimum atomic E-state index is 0.538. The minimum absolute atomic E-state index is 0.538. The number of H-pyrrole nitrogens is 1. The molecule has 78 valence electrons. The van der Waals surface area contributed by atoms with Gasteiger partial charge in [0.15, 0.2) is 11.6 Å². The Balaban J connectivity index is 2.55. The van der Waals surface area contributed by atoms with Crippen LogP contribution in [0.5, 0.6) is 0 Å². The zero-order valence-corrected chi connectivity index (χ0v) is 8.57. The average molecular weight is 204 g/mol. The summed E-state index contributed by atoms with van der Waals surface area (Å²) in [7, 11) is 0. The van der Waals surface area contributed by atoms with Crippen molar-refractivity contribution in [1.29, 1.82) is 0 Å². The van der Waals surface area contributed by atoms with E-state index in [2.05, 4.69) is 25.4 Å². The number of hydrazine groups is 1. The van der Waals surface area contributed by atoms with Crippen LogP contribution in [0.3, 0.4) is 0 Å². The normalized spacial score (nSPS) is 10.3. The molecule has 0 aromatic carbocycles. The van der Waals surface area contributed by atoms with Crippen LogP contribution in [0.2, 0.25) is 0 Å². The molecule has 6 heteroatoms. The van der Waals surface area contributed by atoms with Gasteiger partial charge in [0.2, 0.25) is 0 Å². The lowest BCUT2D eigenvalue weighted by Crippen LogP contribution is -2.12. The number of nitrogens with zero attached hydrogens (tertiary/aromatic N) is 3. The van der Waals surface area contributed by atoms with Crippen LogP contribution in [-0.4, -0.2) is 19.9 Å². The van der Waals surface area contributed by atoms with Crippen molar-refractivity contribution >= 4 is 5.82 Å². The fraction of sp³-hybridized carbons (Fsp3) is 0.222. The number of rotatable bonds is 2. The number of aromatic nitrogens is 4. The molecule has 15 heavy (non-hydrogen) atoms. The number of nitrogens with one attached hydrogen (secondary N) is 2. The van der Waals surface area contributed by atoms with Gasteiger partial charge < -0.3 is 10.4 Å². The lowest BCUT2D eigenvalue weighted by atomic mass is 10.2. The fourth-order valence-electron chi connectivity index (χ4n) is 1.26. The molecule has 4 N–H and O–H groups in total. The number of hydrogen-bond donors (Lipinski definition) is 3. The summed E-state index contributed by atoms with van der Waals surface area (Å²) in [5.74, 6) is 7.16. The number of hydrogen-bond acceptors (Lipinski definition) is 5. The van der Waals surface area contributed by atoms with Gasteiger partial charge in [-0.1, -0.05) is 0 Å². The second-order valence-corrected chi connectivity index (χ2v) is 3.19. The molecule has 0 spiro atoms. The quantitative estimate of drug-likeness (QED) is 0.496. The van der Waals surface area contributed by atoms with Gasteiger partial charge in [-0.05, 0) is 13.8 Å². The summed E-state index contributed by atoms with van der Waals surface area (Å²) in [4.78, 5) is 15.6. The highest BCUT2D eigenvalue weighted by molar-refractivity contribution is 5.52. The van der Waals surface area contributed by atoms with Gasteiger partial charge in [0, 0.05) is 23.7 Å². The standard InChI is InChI=1S/C9H12N6/c1-5-6(2)13-9(14-7(5)15-10)8-11-3-4-12-8/h3-4H,10H2,1-2H3,(H,11,12)(H,13,14,15). The maximum absolute atomic E-state index is 5.37. The summed E-state index contributed by atoms with van der Waals surface area (Å²) in [6.45, 7) is 3.82. The van der Waals surface area contributed by atoms with E-state index >= 15 is 0 Å². The highest BCUT2D eigenvalue weighted by atomic mass is 15.3. The highest BCUT2D eigenvalue weighted by Gasteiger charge is 2.09. The lowest BCUT2D eigenvalue weighted by Gasteiger charge is -2.07. The summed E-state index contributed by atoms with van der Waals surface area (Å²) in [6, 6.07) is 0. The molecule has 0 aliphatic heterocycles. The number of nitrogen functional groups attached to an aromatic ring is 1. The van der Waals surface area contributed by atoms with Gasteiger partial charge in [-0.2, -0.15) is 0 Å². The average Bonchev–Trinajstić information content (AvgIpc) is 2.75. The third-order valence-corrected chi connectivity index (χ3v) is 2.24. The Morgan fingerprint density at radius 1 is 1.33 bits per heavy atom. The molecule has 2 heterocycles. The molecule has 0 saturated heterocycles. The molecule has 2 aromatic rings. The van der Waals surface area contributed by atoms with E-state index in [4.69, 9.17) is 5.84 Å². The molecule has 0 bridgehead atoms. The van der Waals surface area contributed by atoms with E-state index in [9.17, 15) is 0 Å². The minimum Gasteiger partial charge on any atom is -0.342 e. The van der Waals surface area contributed by atoms with Crippen LogP contribution in [0.1, 0.15) is 11.3 Å². The van der Waals surface area contributed by atoms with Crippen molar-refractivity contribution < 1.29 is 0 Å². The topological polar surface area (TPSA) is 92.5 Å². The summed E-state index contributed by atoms with van der Waals surface area (Å²) in [5, 5.41) is 0. The lowest BCUT2D eigenvalue weighted by molar-refractivity contribution is 1.04. The van der Waals surface area contributed by atoms with Gasteiger partial charge in [-0.25, -0.2) is 20.8 Å². The largest absolute Gasteiger partial charge is 0.342 e. The highest BCUT2D eigenvalue weighted by Crippen LogP contribution is 2.17. The molecule has 2 rings (SSSR count). The molecule has 0 amide bonds. The number of imidazole rings is 1. The Morgan fingerprint density at radius 3 is 2.73 bits per heavy atom. The van der Waals surface area contributed by atoms with Crippen molar-refractivity contribution in [3.8, 4) is 11.6 Å². The molecule has 0 saturated carbocycles. The Labute approximate surface area is 86.9 Å². The maximum atomic E-state index is 5.37. The Kier molecular flexibility index (Phi) is 2.34. The van der Waals surface area contributed by atoms with Crippen molar-refractivity contribution in [3.05, 3.63) is 23.7 Å². The summed E-state index contributed by atoms with van der Waals surface area (Å²) >= 11 is 0. The zero-order valence-electron chi connectivity index (χ0n) is 8.57. The van der Waals surface area contributed by atoms with Crippen LogP contribution in [0, 0.1) is 13.8 Å². The van der Waals surface area contributed by atoms with E-state index in [1.54, 1.807) is 12.4 Å². The van der Waals surface area contributed by atoms with E-state index in [0.717, 1.165) is 11.3 Å². The second-order valence-electron chi connectivity index (χ2n) is 3.19. The van der Waals surface area contributed by atoms with Gasteiger partial charge >= 0.3 is 0 Å². The van der Waals surface area contributed by atoms with E-state index in [1.807, 2.05) is 13.8 Å². The van der Waals surface area contributed by atoms with E-state index in [1.165, 1.54) is 0 Å². The monoisotopic (exact) mass is 204 g/mol. The Hall–Kier alpha value is -1.95. The van der Waals surface area contributed by atoms with Crippen LogP contribution in [-0.2, 0) is 0 Å². The molecule has 0 fully saturated rings. The van der Waals surface area contributed by atoms with Crippen LogP contribution < -0.4 is 11.3 Å². The first-order valence-corrected chi connectivity index (χ1v) is 4.54. The van der Waals surface area contributed by atoms with Crippen LogP contribution in [0.25, 0.3) is 11.6 Å². The summed E-state index contributed by atoms with van der Waals surface area (Å²) in [6.07, 6.45) is 3.38. The van der Waals surface area contributed by atoms with Crippen LogP contribution in [0.15, 0.2) is 12.4 Å². The predicted molar refractivity (Wildman–Crippen MR) is 56.9 cm³/mol. The van der Waals surface area contributed by atoms with Crippen molar-refractivity contribution in [3.63, 3.8) is 0 Å². The fourth-order valence-corrected chi connectivity index (χ4v) is 1.26. The molecule has 0 radical (unpaired) electrons. The third kappa shape index (κ3) is 1.66. The van der Waals surface area contributed by atoms with Crippen molar-refractivity contribution in [1.82, 2.24) is 19.9 Å². The Morgan fingerprint density at radius 2 is 2.13 bits per heavy atom. The smallest absolute Gasteiger partial charge is 0.197 e. The molecular weight excluding hydrogens is 192 g/mol. The summed E-state index contributed by atoms with van der Waals surface area (Å²) in [5.41, 5.74) is 4.36. The molecule has 0 unspecified atom stereocenters. The maximum Gasteiger partial charge on any atom is 0.197 e. The molecular formula is C9H12N6. The van der Waals surface area contributed by atoms with E-state index in [-0.39, 0.29) is 0 Å². The third-order valence-electron chi connectivity index (χ3n) is 2.24. The van der Waals surface area contributed by atoms with E-state index in [0.29, 0.717) is 17.5 Å². The molecule has 0 aliphatic rings. The van der Waals surface area contributed by atoms with Crippen molar-refractivity contribution in [2.75, 3.05) is 5.43 Å². The van der Waals surface area contributed by atoms with Crippen LogP contribution >= 0.6 is 0 Å². The predicted octanol–water partition coefficient (Wildman–Crippen LogP) is 0.769. The van der Waals surface area contributed by atoms with Gasteiger partial charge in [0.05, 0.1) is 0 Å². The molecule has 2 aromatic heterocycles. The molecule has 0 aliphatic carbocycles.